The van der Waals surface area contributed by atoms with Crippen LogP contribution in [0.2, 0.25) is 0 Å². The Kier molecular flexibility index (Phi) is 4.14. The number of aliphatic carboxylic acids is 1. The summed E-state index contributed by atoms with van der Waals surface area (Å²) in [4.78, 5) is 13.0. The molecule has 0 amide bonds. The third kappa shape index (κ3) is 2.94. The molecular formula is C12H23NO2. The van der Waals surface area contributed by atoms with Crippen LogP contribution in [0.3, 0.4) is 0 Å². The Balaban J connectivity index is 2.74. The molecule has 88 valence electrons. The lowest BCUT2D eigenvalue weighted by molar-refractivity contribution is -0.141. The Bertz CT molecular complexity index is 222. The van der Waals surface area contributed by atoms with E-state index in [4.69, 9.17) is 5.11 Å². The summed E-state index contributed by atoms with van der Waals surface area (Å²) in [5.41, 5.74) is -0.174. The van der Waals surface area contributed by atoms with E-state index in [1.165, 1.54) is 32.1 Å². The van der Waals surface area contributed by atoms with Crippen molar-refractivity contribution in [3.05, 3.63) is 0 Å². The van der Waals surface area contributed by atoms with E-state index < -0.39 is 5.97 Å². The van der Waals surface area contributed by atoms with Crippen LogP contribution in [0.4, 0.5) is 0 Å². The molecule has 1 aliphatic carbocycles. The second kappa shape index (κ2) is 4.97. The average molecular weight is 213 g/mol. The van der Waals surface area contributed by atoms with Gasteiger partial charge < -0.3 is 10.0 Å². The van der Waals surface area contributed by atoms with Crippen molar-refractivity contribution in [2.24, 2.45) is 5.92 Å². The molecule has 0 saturated heterocycles. The number of hydrogen-bond donors (Lipinski definition) is 1. The lowest BCUT2D eigenvalue weighted by atomic mass is 9.73. The zero-order valence-corrected chi connectivity index (χ0v) is 10.1. The van der Waals surface area contributed by atoms with E-state index in [0.29, 0.717) is 5.92 Å². The highest BCUT2D eigenvalue weighted by atomic mass is 16.4. The van der Waals surface area contributed by atoms with Crippen molar-refractivity contribution >= 4 is 5.97 Å². The van der Waals surface area contributed by atoms with Crippen LogP contribution in [0.15, 0.2) is 0 Å². The van der Waals surface area contributed by atoms with E-state index in [-0.39, 0.29) is 12.0 Å². The molecule has 0 heterocycles. The summed E-state index contributed by atoms with van der Waals surface area (Å²) < 4.78 is 0. The minimum atomic E-state index is -0.684. The van der Waals surface area contributed by atoms with Gasteiger partial charge in [0.05, 0.1) is 6.42 Å². The lowest BCUT2D eigenvalue weighted by Gasteiger charge is -2.44. The SMILES string of the molecule is CN(C)C(C)(CC(=O)O)C1CCCCC1. The fraction of sp³-hybridized carbons (Fsp3) is 0.917. The number of rotatable bonds is 4. The van der Waals surface area contributed by atoms with E-state index >= 15 is 0 Å². The summed E-state index contributed by atoms with van der Waals surface area (Å²) in [7, 11) is 4.00. The number of carboxylic acid groups (broad SMARTS) is 1. The maximum absolute atomic E-state index is 10.9. The molecule has 15 heavy (non-hydrogen) atoms. The Morgan fingerprint density at radius 1 is 1.33 bits per heavy atom. The van der Waals surface area contributed by atoms with Gasteiger partial charge >= 0.3 is 5.97 Å². The van der Waals surface area contributed by atoms with Crippen LogP contribution in [0, 0.1) is 5.92 Å². The van der Waals surface area contributed by atoms with Gasteiger partial charge in [0.25, 0.3) is 0 Å². The molecule has 0 radical (unpaired) electrons. The fourth-order valence-electron chi connectivity index (χ4n) is 2.70. The summed E-state index contributed by atoms with van der Waals surface area (Å²) in [6, 6.07) is 0. The molecule has 3 heteroatoms. The van der Waals surface area contributed by atoms with Gasteiger partial charge in [-0.1, -0.05) is 19.3 Å². The van der Waals surface area contributed by atoms with E-state index in [2.05, 4.69) is 11.8 Å². The van der Waals surface area contributed by atoms with Crippen LogP contribution >= 0.6 is 0 Å². The first-order valence-corrected chi connectivity index (χ1v) is 5.86. The number of nitrogens with zero attached hydrogens (tertiary/aromatic N) is 1. The molecule has 1 saturated carbocycles. The Morgan fingerprint density at radius 2 is 1.87 bits per heavy atom. The normalized spacial score (nSPS) is 22.7. The predicted octanol–water partition coefficient (Wildman–Crippen LogP) is 2.36. The molecule has 0 aromatic rings. The van der Waals surface area contributed by atoms with Gasteiger partial charge in [-0.25, -0.2) is 0 Å². The zero-order chi connectivity index (χ0) is 11.5. The monoisotopic (exact) mass is 213 g/mol. The van der Waals surface area contributed by atoms with Gasteiger partial charge in [-0.2, -0.15) is 0 Å². The fourth-order valence-corrected chi connectivity index (χ4v) is 2.70. The van der Waals surface area contributed by atoms with Crippen LogP contribution in [-0.2, 0) is 4.79 Å². The predicted molar refractivity (Wildman–Crippen MR) is 60.9 cm³/mol. The molecule has 0 aromatic carbocycles. The molecule has 1 atom stereocenters. The second-order valence-corrected chi connectivity index (χ2v) is 5.16. The molecule has 1 fully saturated rings. The highest BCUT2D eigenvalue weighted by molar-refractivity contribution is 5.68. The highest BCUT2D eigenvalue weighted by Crippen LogP contribution is 2.37. The van der Waals surface area contributed by atoms with Crippen molar-refractivity contribution in [3.63, 3.8) is 0 Å². The van der Waals surface area contributed by atoms with Crippen LogP contribution < -0.4 is 0 Å². The summed E-state index contributed by atoms with van der Waals surface area (Å²) in [6.07, 6.45) is 6.45. The first kappa shape index (κ1) is 12.5. The van der Waals surface area contributed by atoms with E-state index in [1.54, 1.807) is 0 Å². The molecular weight excluding hydrogens is 190 g/mol. The van der Waals surface area contributed by atoms with Gasteiger partial charge in [0, 0.05) is 5.54 Å². The zero-order valence-electron chi connectivity index (χ0n) is 10.1. The highest BCUT2D eigenvalue weighted by Gasteiger charge is 2.38. The smallest absolute Gasteiger partial charge is 0.305 e. The lowest BCUT2D eigenvalue weighted by Crippen LogP contribution is -2.50. The molecule has 0 aromatic heterocycles. The largest absolute Gasteiger partial charge is 0.481 e. The quantitative estimate of drug-likeness (QED) is 0.779. The van der Waals surface area contributed by atoms with Gasteiger partial charge in [-0.3, -0.25) is 4.79 Å². The van der Waals surface area contributed by atoms with Crippen molar-refractivity contribution < 1.29 is 9.90 Å². The van der Waals surface area contributed by atoms with Gasteiger partial charge in [-0.15, -0.1) is 0 Å². The number of carboxylic acids is 1. The van der Waals surface area contributed by atoms with Gasteiger partial charge in [-0.05, 0) is 39.8 Å². The summed E-state index contributed by atoms with van der Waals surface area (Å²) in [6.45, 7) is 2.09. The first-order valence-electron chi connectivity index (χ1n) is 5.86. The van der Waals surface area contributed by atoms with Crippen molar-refractivity contribution in [3.8, 4) is 0 Å². The van der Waals surface area contributed by atoms with E-state index in [9.17, 15) is 4.79 Å². The third-order valence-corrected chi connectivity index (χ3v) is 4.02. The van der Waals surface area contributed by atoms with Crippen LogP contribution in [0.1, 0.15) is 45.4 Å². The second-order valence-electron chi connectivity index (χ2n) is 5.16. The maximum Gasteiger partial charge on any atom is 0.305 e. The minimum Gasteiger partial charge on any atom is -0.481 e. The Labute approximate surface area is 92.5 Å². The standard InChI is InChI=1S/C12H23NO2/c1-12(13(2)3,9-11(14)15)10-7-5-4-6-8-10/h10H,4-9H2,1-3H3,(H,14,15). The topological polar surface area (TPSA) is 40.5 Å². The van der Waals surface area contributed by atoms with Gasteiger partial charge in [0.15, 0.2) is 0 Å². The molecule has 1 aliphatic rings. The molecule has 0 bridgehead atoms. The Hall–Kier alpha value is -0.570. The molecule has 1 rings (SSSR count). The van der Waals surface area contributed by atoms with Crippen molar-refractivity contribution in [2.75, 3.05) is 14.1 Å². The maximum atomic E-state index is 10.9. The van der Waals surface area contributed by atoms with Gasteiger partial charge in [0.2, 0.25) is 0 Å². The first-order chi connectivity index (χ1) is 6.97. The van der Waals surface area contributed by atoms with E-state index in [1.807, 2.05) is 14.1 Å². The van der Waals surface area contributed by atoms with Crippen LogP contribution in [0.25, 0.3) is 0 Å². The molecule has 1 unspecified atom stereocenters. The molecule has 1 N–H and O–H groups in total. The van der Waals surface area contributed by atoms with Crippen LogP contribution in [0.5, 0.6) is 0 Å². The molecule has 0 aliphatic heterocycles. The van der Waals surface area contributed by atoms with Crippen molar-refractivity contribution in [2.45, 2.75) is 51.0 Å². The third-order valence-electron chi connectivity index (χ3n) is 4.02. The Morgan fingerprint density at radius 3 is 2.27 bits per heavy atom. The van der Waals surface area contributed by atoms with Crippen LogP contribution in [-0.4, -0.2) is 35.6 Å². The summed E-state index contributed by atoms with van der Waals surface area (Å²) >= 11 is 0. The molecule has 3 nitrogen and oxygen atoms in total. The van der Waals surface area contributed by atoms with E-state index in [0.717, 1.165) is 0 Å². The number of hydrogen-bond acceptors (Lipinski definition) is 2. The molecule has 0 spiro atoms. The van der Waals surface area contributed by atoms with Crippen molar-refractivity contribution in [1.29, 1.82) is 0 Å². The summed E-state index contributed by atoms with van der Waals surface area (Å²) in [5, 5.41) is 9.00. The number of carbonyl (C=O) groups is 1. The summed E-state index contributed by atoms with van der Waals surface area (Å²) in [5.74, 6) is -0.144. The minimum absolute atomic E-state index is 0.174. The van der Waals surface area contributed by atoms with Crippen molar-refractivity contribution in [1.82, 2.24) is 4.90 Å². The average Bonchev–Trinajstić information content (AvgIpc) is 2.17. The van der Waals surface area contributed by atoms with Gasteiger partial charge in [0.1, 0.15) is 0 Å².